The predicted octanol–water partition coefficient (Wildman–Crippen LogP) is 0.896. The molecular weight excluding hydrogens is 376 g/mol. The van der Waals surface area contributed by atoms with Crippen LogP contribution in [0, 0.1) is 12.8 Å². The third-order valence-electron chi connectivity index (χ3n) is 3.73. The Bertz CT molecular complexity index is 910. The molecule has 2 amide bonds. The third-order valence-corrected chi connectivity index (χ3v) is 4.77. The fraction of sp³-hybridized carbons (Fsp3) is 0.400. The van der Waals surface area contributed by atoms with E-state index in [1.54, 1.807) is 13.0 Å². The van der Waals surface area contributed by atoms with Gasteiger partial charge in [0.25, 0.3) is 0 Å². The molecule has 11 nitrogen and oxygen atoms in total. The first-order valence-corrected chi connectivity index (χ1v) is 9.08. The van der Waals surface area contributed by atoms with E-state index >= 15 is 0 Å². The molecular formula is C15H18N6O5S. The van der Waals surface area contributed by atoms with Crippen LogP contribution in [0.1, 0.15) is 28.9 Å². The molecule has 27 heavy (non-hydrogen) atoms. The number of carbonyl (C=O) groups is 2. The van der Waals surface area contributed by atoms with E-state index in [4.69, 9.17) is 9.02 Å². The maximum absolute atomic E-state index is 12.4. The molecule has 0 aliphatic heterocycles. The van der Waals surface area contributed by atoms with Crippen LogP contribution >= 0.6 is 0 Å². The zero-order valence-corrected chi connectivity index (χ0v) is 15.7. The fourth-order valence-electron chi connectivity index (χ4n) is 2.30. The highest BCUT2D eigenvalue weighted by Gasteiger charge is 2.34. The number of hydrogen-bond acceptors (Lipinski definition) is 8. The number of anilines is 1. The van der Waals surface area contributed by atoms with Crippen molar-refractivity contribution in [1.82, 2.24) is 25.2 Å². The van der Waals surface area contributed by atoms with Gasteiger partial charge in [-0.2, -0.15) is 14.4 Å². The summed E-state index contributed by atoms with van der Waals surface area (Å²) >= 11 is -2.13. The highest BCUT2D eigenvalue weighted by atomic mass is 32.2. The minimum atomic E-state index is -2.13. The average Bonchev–Trinajstić information content (AvgIpc) is 3.40. The first kappa shape index (κ1) is 18.9. The van der Waals surface area contributed by atoms with Gasteiger partial charge in [-0.1, -0.05) is 0 Å². The third kappa shape index (κ3) is 4.46. The number of carbonyl (C=O) groups excluding carboxylic acids is 2. The van der Waals surface area contributed by atoms with Crippen molar-refractivity contribution in [3.63, 3.8) is 0 Å². The molecule has 144 valence electrons. The normalized spacial score (nSPS) is 14.5. The Balaban J connectivity index is 1.62. The van der Waals surface area contributed by atoms with Crippen LogP contribution in [0.25, 0.3) is 0 Å². The number of hydroxylamine groups is 1. The summed E-state index contributed by atoms with van der Waals surface area (Å²) in [5.41, 5.74) is 2.80. The average molecular weight is 394 g/mol. The summed E-state index contributed by atoms with van der Waals surface area (Å²) in [7, 11) is 2.97. The maximum atomic E-state index is 12.4. The van der Waals surface area contributed by atoms with Crippen molar-refractivity contribution in [1.29, 1.82) is 0 Å². The first-order chi connectivity index (χ1) is 12.9. The van der Waals surface area contributed by atoms with Crippen molar-refractivity contribution in [3.05, 3.63) is 23.5 Å². The highest BCUT2D eigenvalue weighted by molar-refractivity contribution is 7.80. The largest absolute Gasteiger partial charge is 0.481 e. The Morgan fingerprint density at radius 2 is 2.07 bits per heavy atom. The van der Waals surface area contributed by atoms with Crippen LogP contribution in [-0.4, -0.2) is 42.9 Å². The lowest BCUT2D eigenvalue weighted by Crippen LogP contribution is -2.31. The molecule has 1 aliphatic rings. The van der Waals surface area contributed by atoms with E-state index in [1.165, 1.54) is 25.0 Å². The second-order valence-electron chi connectivity index (χ2n) is 5.88. The van der Waals surface area contributed by atoms with Crippen LogP contribution in [0.3, 0.4) is 0 Å². The first-order valence-electron chi connectivity index (χ1n) is 8.01. The number of ether oxygens (including phenoxy) is 1. The Morgan fingerprint density at radius 3 is 2.74 bits per heavy atom. The van der Waals surface area contributed by atoms with Crippen LogP contribution < -0.4 is 15.5 Å². The number of amides is 2. The molecule has 1 saturated carbocycles. The van der Waals surface area contributed by atoms with Gasteiger partial charge in [-0.3, -0.25) is 14.8 Å². The van der Waals surface area contributed by atoms with E-state index in [1.807, 2.05) is 5.48 Å². The van der Waals surface area contributed by atoms with E-state index in [-0.39, 0.29) is 34.1 Å². The number of nitrogens with zero attached hydrogens (tertiary/aromatic N) is 4. The topological polar surface area (TPSA) is 137 Å². The van der Waals surface area contributed by atoms with Crippen molar-refractivity contribution in [2.45, 2.75) is 24.8 Å². The predicted molar refractivity (Wildman–Crippen MR) is 93.2 cm³/mol. The van der Waals surface area contributed by atoms with E-state index in [9.17, 15) is 13.8 Å². The second-order valence-corrected chi connectivity index (χ2v) is 6.90. The Kier molecular flexibility index (Phi) is 5.46. The fourth-order valence-corrected chi connectivity index (χ4v) is 3.13. The van der Waals surface area contributed by atoms with Gasteiger partial charge < -0.3 is 4.74 Å². The van der Waals surface area contributed by atoms with Gasteiger partial charge in [0.1, 0.15) is 0 Å². The number of hydrogen-bond donors (Lipinski definition) is 2. The summed E-state index contributed by atoms with van der Waals surface area (Å²) in [4.78, 5) is 32.1. The number of Topliss-reactive ketones (excluding diaryl/α,β-unsaturated/α-hetero) is 1. The molecule has 1 atom stereocenters. The van der Waals surface area contributed by atoms with Gasteiger partial charge in [-0.05, 0) is 19.8 Å². The summed E-state index contributed by atoms with van der Waals surface area (Å²) < 4.78 is 23.5. The molecule has 1 aliphatic carbocycles. The molecule has 0 aromatic carbocycles. The zero-order valence-electron chi connectivity index (χ0n) is 14.9. The summed E-state index contributed by atoms with van der Waals surface area (Å²) in [6.45, 7) is 1.71. The quantitative estimate of drug-likeness (QED) is 0.522. The molecule has 0 bridgehead atoms. The van der Waals surface area contributed by atoms with Gasteiger partial charge in [-0.25, -0.2) is 19.5 Å². The summed E-state index contributed by atoms with van der Waals surface area (Å²) in [6, 6.07) is 0.753. The maximum Gasteiger partial charge on any atom is 0.346 e. The lowest BCUT2D eigenvalue weighted by atomic mass is 10.1. The van der Waals surface area contributed by atoms with Gasteiger partial charge in [-0.15, -0.1) is 0 Å². The molecule has 3 rings (SSSR count). The molecule has 2 aromatic rings. The SMILES string of the molecule is COc1cc(C)nc(NC(=O)NOS(=O)c2c(C(=O)C3CC3)cnn2C)n1. The molecule has 0 spiro atoms. The van der Waals surface area contributed by atoms with E-state index in [0.29, 0.717) is 5.69 Å². The molecule has 1 fully saturated rings. The molecule has 0 radical (unpaired) electrons. The van der Waals surface area contributed by atoms with Gasteiger partial charge in [0.15, 0.2) is 10.8 Å². The lowest BCUT2D eigenvalue weighted by Gasteiger charge is -2.08. The molecule has 0 saturated heterocycles. The Labute approximate surface area is 157 Å². The van der Waals surface area contributed by atoms with Gasteiger partial charge in [0.2, 0.25) is 22.9 Å². The number of methoxy groups -OCH3 is 1. The van der Waals surface area contributed by atoms with Crippen molar-refractivity contribution < 1.29 is 22.8 Å². The van der Waals surface area contributed by atoms with Gasteiger partial charge in [0.05, 0.1) is 18.9 Å². The standard InChI is InChI=1S/C15H18N6O5S/c1-8-6-11(25-3)18-14(17-8)19-15(23)20-26-27(24)13-10(7-16-21(13)2)12(22)9-4-5-9/h6-7,9H,4-5H2,1-3H3,(H2,17,18,19,20,23). The number of aromatic nitrogens is 4. The van der Waals surface area contributed by atoms with Crippen LogP contribution in [0.2, 0.25) is 0 Å². The van der Waals surface area contributed by atoms with Gasteiger partial charge in [0, 0.05) is 24.7 Å². The monoisotopic (exact) mass is 394 g/mol. The van der Waals surface area contributed by atoms with Crippen molar-refractivity contribution in [3.8, 4) is 5.88 Å². The lowest BCUT2D eigenvalue weighted by molar-refractivity contribution is 0.0963. The summed E-state index contributed by atoms with van der Waals surface area (Å²) in [6.07, 6.45) is 2.97. The highest BCUT2D eigenvalue weighted by Crippen LogP contribution is 2.34. The smallest absolute Gasteiger partial charge is 0.346 e. The Hall–Kier alpha value is -2.86. The van der Waals surface area contributed by atoms with E-state index in [0.717, 1.165) is 12.8 Å². The molecule has 1 unspecified atom stereocenters. The minimum Gasteiger partial charge on any atom is -0.481 e. The molecule has 2 aromatic heterocycles. The van der Waals surface area contributed by atoms with Crippen LogP contribution in [-0.2, 0) is 22.4 Å². The number of nitrogens with one attached hydrogen (secondary N) is 2. The van der Waals surface area contributed by atoms with Crippen LogP contribution in [0.4, 0.5) is 10.7 Å². The van der Waals surface area contributed by atoms with Crippen molar-refractivity contribution >= 4 is 28.8 Å². The summed E-state index contributed by atoms with van der Waals surface area (Å²) in [5, 5.41) is 6.37. The van der Waals surface area contributed by atoms with Crippen LogP contribution in [0.15, 0.2) is 17.3 Å². The molecule has 2 heterocycles. The minimum absolute atomic E-state index is 0.0103. The zero-order chi connectivity index (χ0) is 19.6. The van der Waals surface area contributed by atoms with E-state index in [2.05, 4.69) is 20.4 Å². The second kappa shape index (κ2) is 7.80. The number of rotatable bonds is 7. The Morgan fingerprint density at radius 1 is 1.33 bits per heavy atom. The number of urea groups is 1. The molecule has 12 heteroatoms. The van der Waals surface area contributed by atoms with Crippen LogP contribution in [0.5, 0.6) is 5.88 Å². The van der Waals surface area contributed by atoms with Crippen molar-refractivity contribution in [2.75, 3.05) is 12.4 Å². The number of ketones is 1. The van der Waals surface area contributed by atoms with Crippen molar-refractivity contribution in [2.24, 2.45) is 13.0 Å². The molecule has 2 N–H and O–H groups in total. The van der Waals surface area contributed by atoms with Gasteiger partial charge >= 0.3 is 6.03 Å². The van der Waals surface area contributed by atoms with E-state index < -0.39 is 17.1 Å². The number of aryl methyl sites for hydroxylation is 2. The summed E-state index contributed by atoms with van der Waals surface area (Å²) in [5.74, 6) is 0.0821.